The Kier molecular flexibility index (Phi) is 4.62. The fourth-order valence-corrected chi connectivity index (χ4v) is 1.51. The highest BCUT2D eigenvalue weighted by Crippen LogP contribution is 2.22. The van der Waals surface area contributed by atoms with Crippen LogP contribution in [0.5, 0.6) is 11.6 Å². The standard InChI is InChI=1S/C14H13N7O/c1-9-7-18-8-13(19-9)22-11-4-2-3-10(5-11)20-21-12(6-15)14(16)17/h2-5,7-8,20H,1H3,(H3,16,17)/b21-12+. The van der Waals surface area contributed by atoms with Gasteiger partial charge in [-0.15, -0.1) is 0 Å². The molecule has 0 amide bonds. The van der Waals surface area contributed by atoms with Crippen molar-refractivity contribution in [2.45, 2.75) is 6.92 Å². The summed E-state index contributed by atoms with van der Waals surface area (Å²) < 4.78 is 5.59. The molecule has 0 radical (unpaired) electrons. The van der Waals surface area contributed by atoms with Crippen molar-refractivity contribution < 1.29 is 4.74 Å². The highest BCUT2D eigenvalue weighted by molar-refractivity contribution is 6.45. The van der Waals surface area contributed by atoms with E-state index < -0.39 is 5.84 Å². The smallest absolute Gasteiger partial charge is 0.238 e. The van der Waals surface area contributed by atoms with E-state index >= 15 is 0 Å². The number of ether oxygens (including phenoxy) is 1. The Morgan fingerprint density at radius 1 is 1.45 bits per heavy atom. The fraction of sp³-hybridized carbons (Fsp3) is 0.0714. The highest BCUT2D eigenvalue weighted by atomic mass is 16.5. The molecule has 0 aliphatic rings. The molecule has 0 aliphatic carbocycles. The van der Waals surface area contributed by atoms with Gasteiger partial charge in [-0.3, -0.25) is 15.8 Å². The minimum Gasteiger partial charge on any atom is -0.437 e. The topological polar surface area (TPSA) is 133 Å². The van der Waals surface area contributed by atoms with Gasteiger partial charge in [0.25, 0.3) is 0 Å². The van der Waals surface area contributed by atoms with Crippen LogP contribution in [-0.2, 0) is 0 Å². The van der Waals surface area contributed by atoms with Gasteiger partial charge in [-0.1, -0.05) is 6.07 Å². The second-order valence-electron chi connectivity index (χ2n) is 4.23. The van der Waals surface area contributed by atoms with Gasteiger partial charge in [-0.25, -0.2) is 4.98 Å². The van der Waals surface area contributed by atoms with Crippen molar-refractivity contribution >= 4 is 17.2 Å². The zero-order valence-electron chi connectivity index (χ0n) is 11.7. The molecule has 8 nitrogen and oxygen atoms in total. The number of aromatic nitrogens is 2. The van der Waals surface area contributed by atoms with Gasteiger partial charge in [0.2, 0.25) is 11.6 Å². The van der Waals surface area contributed by atoms with Gasteiger partial charge < -0.3 is 10.5 Å². The van der Waals surface area contributed by atoms with Crippen LogP contribution < -0.4 is 15.9 Å². The number of aryl methyl sites for hydroxylation is 1. The SMILES string of the molecule is Cc1cncc(Oc2cccc(N/N=C(\C#N)C(=N)N)c2)n1. The molecule has 0 atom stereocenters. The number of nitrogens with one attached hydrogen (secondary N) is 2. The van der Waals surface area contributed by atoms with Crippen LogP contribution in [0.15, 0.2) is 41.8 Å². The van der Waals surface area contributed by atoms with E-state index in [4.69, 9.17) is 21.1 Å². The third-order valence-electron chi connectivity index (χ3n) is 2.45. The summed E-state index contributed by atoms with van der Waals surface area (Å²) in [5.41, 5.74) is 8.98. The van der Waals surface area contributed by atoms with Crippen LogP contribution in [0.4, 0.5) is 5.69 Å². The molecule has 0 saturated heterocycles. The second-order valence-corrected chi connectivity index (χ2v) is 4.23. The quantitative estimate of drug-likeness (QED) is 0.437. The molecule has 110 valence electrons. The lowest BCUT2D eigenvalue weighted by atomic mass is 10.3. The highest BCUT2D eigenvalue weighted by Gasteiger charge is 2.03. The van der Waals surface area contributed by atoms with Crippen molar-refractivity contribution in [2.75, 3.05) is 5.43 Å². The summed E-state index contributed by atoms with van der Waals surface area (Å²) in [6, 6.07) is 8.61. The summed E-state index contributed by atoms with van der Waals surface area (Å²) in [7, 11) is 0. The molecule has 2 aromatic rings. The Morgan fingerprint density at radius 2 is 2.27 bits per heavy atom. The van der Waals surface area contributed by atoms with E-state index in [2.05, 4.69) is 20.5 Å². The lowest BCUT2D eigenvalue weighted by Gasteiger charge is -2.07. The van der Waals surface area contributed by atoms with Crippen molar-refractivity contribution in [3.8, 4) is 17.7 Å². The molecule has 1 heterocycles. The van der Waals surface area contributed by atoms with Crippen molar-refractivity contribution in [3.63, 3.8) is 0 Å². The lowest BCUT2D eigenvalue weighted by Crippen LogP contribution is -2.21. The molecular formula is C14H13N7O. The van der Waals surface area contributed by atoms with E-state index in [1.807, 2.05) is 6.92 Å². The number of nitrogens with zero attached hydrogens (tertiary/aromatic N) is 4. The van der Waals surface area contributed by atoms with Crippen LogP contribution in [0.25, 0.3) is 0 Å². The summed E-state index contributed by atoms with van der Waals surface area (Å²) in [5.74, 6) is 0.501. The normalized spacial score (nSPS) is 10.6. The number of hydrogen-bond donors (Lipinski definition) is 3. The summed E-state index contributed by atoms with van der Waals surface area (Å²) in [6.07, 6.45) is 3.14. The van der Waals surface area contributed by atoms with E-state index in [0.29, 0.717) is 17.3 Å². The van der Waals surface area contributed by atoms with Crippen LogP contribution in [0.2, 0.25) is 0 Å². The average molecular weight is 295 g/mol. The van der Waals surface area contributed by atoms with Gasteiger partial charge >= 0.3 is 0 Å². The van der Waals surface area contributed by atoms with Gasteiger partial charge in [-0.2, -0.15) is 10.4 Å². The first-order chi connectivity index (χ1) is 10.6. The summed E-state index contributed by atoms with van der Waals surface area (Å²) in [6.45, 7) is 1.82. The molecule has 4 N–H and O–H groups in total. The maximum absolute atomic E-state index is 8.77. The van der Waals surface area contributed by atoms with Crippen molar-refractivity contribution in [1.82, 2.24) is 9.97 Å². The molecular weight excluding hydrogens is 282 g/mol. The van der Waals surface area contributed by atoms with E-state index in [-0.39, 0.29) is 5.71 Å². The van der Waals surface area contributed by atoms with Crippen molar-refractivity contribution in [3.05, 3.63) is 42.4 Å². The third-order valence-corrected chi connectivity index (χ3v) is 2.45. The van der Waals surface area contributed by atoms with Crippen molar-refractivity contribution in [2.24, 2.45) is 10.8 Å². The number of amidine groups is 1. The van der Waals surface area contributed by atoms with Gasteiger partial charge in [0.1, 0.15) is 11.8 Å². The Labute approximate surface area is 126 Å². The first kappa shape index (κ1) is 14.9. The molecule has 2 rings (SSSR count). The van der Waals surface area contributed by atoms with E-state index in [1.165, 1.54) is 6.20 Å². The fourth-order valence-electron chi connectivity index (χ4n) is 1.51. The minimum atomic E-state index is -0.405. The molecule has 1 aromatic heterocycles. The molecule has 8 heteroatoms. The Bertz CT molecular complexity index is 764. The van der Waals surface area contributed by atoms with Gasteiger partial charge in [-0.05, 0) is 19.1 Å². The molecule has 0 saturated carbocycles. The van der Waals surface area contributed by atoms with Crippen LogP contribution in [0.1, 0.15) is 5.69 Å². The third kappa shape index (κ3) is 4.01. The number of anilines is 1. The Balaban J connectivity index is 2.14. The first-order valence-corrected chi connectivity index (χ1v) is 6.23. The predicted molar refractivity (Wildman–Crippen MR) is 81.9 cm³/mol. The molecule has 0 bridgehead atoms. The second kappa shape index (κ2) is 6.81. The number of nitriles is 1. The van der Waals surface area contributed by atoms with Gasteiger partial charge in [0, 0.05) is 12.3 Å². The average Bonchev–Trinajstić information content (AvgIpc) is 2.48. The zero-order chi connectivity index (χ0) is 15.9. The summed E-state index contributed by atoms with van der Waals surface area (Å²) in [5, 5.41) is 19.7. The Hall–Kier alpha value is -3.47. The van der Waals surface area contributed by atoms with Crippen molar-refractivity contribution in [1.29, 1.82) is 10.7 Å². The lowest BCUT2D eigenvalue weighted by molar-refractivity contribution is 0.459. The monoisotopic (exact) mass is 295 g/mol. The molecule has 0 unspecified atom stereocenters. The van der Waals surface area contributed by atoms with Gasteiger partial charge in [0.15, 0.2) is 5.84 Å². The number of nitrogens with two attached hydrogens (primary N) is 1. The van der Waals surface area contributed by atoms with E-state index in [0.717, 1.165) is 5.69 Å². The van der Waals surface area contributed by atoms with Crippen LogP contribution in [-0.4, -0.2) is 21.5 Å². The van der Waals surface area contributed by atoms with Crippen LogP contribution in [0, 0.1) is 23.7 Å². The number of hydrazone groups is 1. The number of hydrogen-bond acceptors (Lipinski definition) is 7. The maximum atomic E-state index is 8.77. The number of benzene rings is 1. The van der Waals surface area contributed by atoms with Crippen LogP contribution >= 0.6 is 0 Å². The largest absolute Gasteiger partial charge is 0.437 e. The van der Waals surface area contributed by atoms with Gasteiger partial charge in [0.05, 0.1) is 17.6 Å². The zero-order valence-corrected chi connectivity index (χ0v) is 11.7. The molecule has 0 fully saturated rings. The summed E-state index contributed by atoms with van der Waals surface area (Å²) in [4.78, 5) is 8.18. The molecule has 1 aromatic carbocycles. The number of rotatable bonds is 5. The van der Waals surface area contributed by atoms with E-state index in [9.17, 15) is 0 Å². The van der Waals surface area contributed by atoms with E-state index in [1.54, 1.807) is 36.5 Å². The molecule has 22 heavy (non-hydrogen) atoms. The molecule has 0 aliphatic heterocycles. The molecule has 0 spiro atoms. The predicted octanol–water partition coefficient (Wildman–Crippen LogP) is 1.80. The maximum Gasteiger partial charge on any atom is 0.238 e. The first-order valence-electron chi connectivity index (χ1n) is 6.23. The van der Waals surface area contributed by atoms with Crippen LogP contribution in [0.3, 0.4) is 0 Å². The Morgan fingerprint density at radius 3 is 2.95 bits per heavy atom. The summed E-state index contributed by atoms with van der Waals surface area (Å²) >= 11 is 0. The minimum absolute atomic E-state index is 0.198.